The lowest BCUT2D eigenvalue weighted by molar-refractivity contribution is 0.0613. The van der Waals surface area contributed by atoms with Crippen LogP contribution in [-0.4, -0.2) is 15.3 Å². The minimum atomic E-state index is -0.485. The molecule has 1 N–H and O–H groups in total. The molecule has 1 rings (SSSR count). The van der Waals surface area contributed by atoms with Crippen LogP contribution in [0.15, 0.2) is 6.07 Å². The number of hydrogen-bond donors (Lipinski definition) is 1. The zero-order valence-electron chi connectivity index (χ0n) is 10.2. The van der Waals surface area contributed by atoms with Crippen LogP contribution in [0.5, 0.6) is 0 Å². The number of hydrogen-bond acceptors (Lipinski definition) is 3. The molecule has 0 aliphatic heterocycles. The van der Waals surface area contributed by atoms with Gasteiger partial charge in [-0.25, -0.2) is 0 Å². The van der Waals surface area contributed by atoms with E-state index in [1.807, 2.05) is 40.7 Å². The lowest BCUT2D eigenvalue weighted by atomic mass is 9.84. The Balaban J connectivity index is 3.17. The molecular formula is C12H20N2O. The van der Waals surface area contributed by atoms with Gasteiger partial charge >= 0.3 is 0 Å². The van der Waals surface area contributed by atoms with Gasteiger partial charge in [0.2, 0.25) is 0 Å². The highest BCUT2D eigenvalue weighted by molar-refractivity contribution is 5.24. The summed E-state index contributed by atoms with van der Waals surface area (Å²) in [5, 5.41) is 18.4. The number of aromatic nitrogens is 2. The Morgan fingerprint density at radius 1 is 1.33 bits per heavy atom. The normalized spacial score (nSPS) is 14.0. The van der Waals surface area contributed by atoms with Crippen molar-refractivity contribution in [3.63, 3.8) is 0 Å². The number of aliphatic hydroxyl groups is 1. The smallest absolute Gasteiger partial charge is 0.0857 e. The van der Waals surface area contributed by atoms with E-state index in [1.165, 1.54) is 0 Å². The van der Waals surface area contributed by atoms with Crippen LogP contribution in [0.4, 0.5) is 0 Å². The van der Waals surface area contributed by atoms with Crippen LogP contribution in [0.25, 0.3) is 0 Å². The molecule has 0 bridgehead atoms. The van der Waals surface area contributed by atoms with Crippen LogP contribution in [-0.2, 0) is 6.42 Å². The Labute approximate surface area is 91.6 Å². The van der Waals surface area contributed by atoms with Crippen molar-refractivity contribution in [2.75, 3.05) is 0 Å². The molecule has 1 unspecified atom stereocenters. The van der Waals surface area contributed by atoms with Gasteiger partial charge in [-0.1, -0.05) is 27.7 Å². The summed E-state index contributed by atoms with van der Waals surface area (Å²) in [7, 11) is 0. The molecule has 15 heavy (non-hydrogen) atoms. The first-order valence-electron chi connectivity index (χ1n) is 5.37. The second-order valence-corrected chi connectivity index (χ2v) is 5.01. The van der Waals surface area contributed by atoms with Gasteiger partial charge in [0.25, 0.3) is 0 Å². The third-order valence-corrected chi connectivity index (χ3v) is 2.48. The van der Waals surface area contributed by atoms with Crippen molar-refractivity contribution in [1.29, 1.82) is 0 Å². The average Bonchev–Trinajstić information content (AvgIpc) is 2.15. The van der Waals surface area contributed by atoms with Crippen molar-refractivity contribution in [2.45, 2.75) is 47.1 Å². The molecule has 0 aliphatic carbocycles. The van der Waals surface area contributed by atoms with Crippen LogP contribution in [0.2, 0.25) is 0 Å². The van der Waals surface area contributed by atoms with E-state index >= 15 is 0 Å². The number of aliphatic hydroxyl groups excluding tert-OH is 1. The standard InChI is InChI=1S/C12H20N2O/c1-6-10-9(7-8(2)13-14-10)11(15)12(3,4)5/h7,11,15H,6H2,1-5H3. The summed E-state index contributed by atoms with van der Waals surface area (Å²) in [6.45, 7) is 9.98. The van der Waals surface area contributed by atoms with E-state index in [0.717, 1.165) is 23.4 Å². The van der Waals surface area contributed by atoms with Gasteiger partial charge < -0.3 is 5.11 Å². The zero-order chi connectivity index (χ0) is 11.6. The SMILES string of the molecule is CCc1nnc(C)cc1C(O)C(C)(C)C. The van der Waals surface area contributed by atoms with Crippen LogP contribution in [0.3, 0.4) is 0 Å². The highest BCUT2D eigenvalue weighted by Crippen LogP contribution is 2.33. The average molecular weight is 208 g/mol. The second kappa shape index (κ2) is 4.27. The molecule has 0 fully saturated rings. The summed E-state index contributed by atoms with van der Waals surface area (Å²) < 4.78 is 0. The maximum atomic E-state index is 10.2. The Hall–Kier alpha value is -0.960. The first-order chi connectivity index (χ1) is 6.86. The van der Waals surface area contributed by atoms with E-state index in [2.05, 4.69) is 10.2 Å². The Morgan fingerprint density at radius 2 is 1.93 bits per heavy atom. The molecule has 1 atom stereocenters. The molecule has 1 aromatic rings. The van der Waals surface area contributed by atoms with Crippen molar-refractivity contribution in [1.82, 2.24) is 10.2 Å². The summed E-state index contributed by atoms with van der Waals surface area (Å²) in [6.07, 6.45) is 0.317. The Bertz CT molecular complexity index is 342. The third kappa shape index (κ3) is 2.75. The number of nitrogens with zero attached hydrogens (tertiary/aromatic N) is 2. The maximum Gasteiger partial charge on any atom is 0.0857 e. The molecule has 0 saturated carbocycles. The monoisotopic (exact) mass is 208 g/mol. The third-order valence-electron chi connectivity index (χ3n) is 2.48. The molecule has 1 aromatic heterocycles. The van der Waals surface area contributed by atoms with E-state index in [9.17, 15) is 5.11 Å². The van der Waals surface area contributed by atoms with Gasteiger partial charge in [0.05, 0.1) is 17.5 Å². The topological polar surface area (TPSA) is 46.0 Å². The predicted molar refractivity (Wildman–Crippen MR) is 60.6 cm³/mol. The van der Waals surface area contributed by atoms with Crippen molar-refractivity contribution in [3.8, 4) is 0 Å². The van der Waals surface area contributed by atoms with Crippen LogP contribution in [0, 0.1) is 12.3 Å². The summed E-state index contributed by atoms with van der Waals surface area (Å²) in [6, 6.07) is 1.93. The van der Waals surface area contributed by atoms with Crippen LogP contribution >= 0.6 is 0 Å². The first kappa shape index (κ1) is 12.1. The van der Waals surface area contributed by atoms with Gasteiger partial charge in [0.15, 0.2) is 0 Å². The summed E-state index contributed by atoms with van der Waals surface area (Å²) in [5.41, 5.74) is 2.49. The molecule has 3 heteroatoms. The highest BCUT2D eigenvalue weighted by atomic mass is 16.3. The van der Waals surface area contributed by atoms with Gasteiger partial charge in [-0.3, -0.25) is 0 Å². The molecule has 1 heterocycles. The van der Waals surface area contributed by atoms with Gasteiger partial charge in [-0.05, 0) is 24.8 Å². The fourth-order valence-corrected chi connectivity index (χ4v) is 1.51. The summed E-state index contributed by atoms with van der Waals surface area (Å²) >= 11 is 0. The highest BCUT2D eigenvalue weighted by Gasteiger charge is 2.26. The predicted octanol–water partition coefficient (Wildman–Crippen LogP) is 2.43. The maximum absolute atomic E-state index is 10.2. The minimum absolute atomic E-state index is 0.167. The Morgan fingerprint density at radius 3 is 2.40 bits per heavy atom. The van der Waals surface area contributed by atoms with E-state index < -0.39 is 6.10 Å². The van der Waals surface area contributed by atoms with E-state index in [-0.39, 0.29) is 5.41 Å². The van der Waals surface area contributed by atoms with Crippen LogP contribution < -0.4 is 0 Å². The van der Waals surface area contributed by atoms with Gasteiger partial charge in [0.1, 0.15) is 0 Å². The van der Waals surface area contributed by atoms with Crippen molar-refractivity contribution >= 4 is 0 Å². The van der Waals surface area contributed by atoms with Crippen molar-refractivity contribution in [2.24, 2.45) is 5.41 Å². The first-order valence-corrected chi connectivity index (χ1v) is 5.37. The van der Waals surface area contributed by atoms with E-state index in [0.29, 0.717) is 0 Å². The molecule has 0 aliphatic rings. The molecule has 3 nitrogen and oxygen atoms in total. The molecule has 0 aromatic carbocycles. The van der Waals surface area contributed by atoms with Crippen molar-refractivity contribution in [3.05, 3.63) is 23.0 Å². The van der Waals surface area contributed by atoms with Gasteiger partial charge in [-0.2, -0.15) is 10.2 Å². The van der Waals surface area contributed by atoms with Crippen molar-refractivity contribution < 1.29 is 5.11 Å². The molecule has 0 radical (unpaired) electrons. The largest absolute Gasteiger partial charge is 0.388 e. The lowest BCUT2D eigenvalue weighted by Gasteiger charge is -2.27. The van der Waals surface area contributed by atoms with Crippen LogP contribution in [0.1, 0.15) is 50.8 Å². The Kier molecular flexibility index (Phi) is 3.45. The lowest BCUT2D eigenvalue weighted by Crippen LogP contribution is -2.20. The summed E-state index contributed by atoms with van der Waals surface area (Å²) in [5.74, 6) is 0. The molecular weight excluding hydrogens is 188 g/mol. The molecule has 0 saturated heterocycles. The molecule has 0 amide bonds. The van der Waals surface area contributed by atoms with Gasteiger partial charge in [0, 0.05) is 5.56 Å². The van der Waals surface area contributed by atoms with E-state index in [4.69, 9.17) is 0 Å². The fourth-order valence-electron chi connectivity index (χ4n) is 1.51. The molecule has 84 valence electrons. The minimum Gasteiger partial charge on any atom is -0.388 e. The molecule has 0 spiro atoms. The fraction of sp³-hybridized carbons (Fsp3) is 0.667. The van der Waals surface area contributed by atoms with E-state index in [1.54, 1.807) is 0 Å². The quantitative estimate of drug-likeness (QED) is 0.812. The number of aryl methyl sites for hydroxylation is 2. The summed E-state index contributed by atoms with van der Waals surface area (Å²) in [4.78, 5) is 0. The van der Waals surface area contributed by atoms with Gasteiger partial charge in [-0.15, -0.1) is 0 Å². The number of rotatable bonds is 2. The zero-order valence-corrected chi connectivity index (χ0v) is 10.2. The second-order valence-electron chi connectivity index (χ2n) is 5.01.